The minimum atomic E-state index is -0.242. The Morgan fingerprint density at radius 3 is 2.61 bits per heavy atom. The first kappa shape index (κ1) is 18.2. The summed E-state index contributed by atoms with van der Waals surface area (Å²) in [7, 11) is 0. The van der Waals surface area contributed by atoms with Gasteiger partial charge in [0.2, 0.25) is 0 Å². The van der Waals surface area contributed by atoms with Crippen LogP contribution in [-0.4, -0.2) is 36.5 Å². The highest BCUT2D eigenvalue weighted by molar-refractivity contribution is 7.98. The zero-order valence-corrected chi connectivity index (χ0v) is 16.6. The van der Waals surface area contributed by atoms with Gasteiger partial charge >= 0.3 is 0 Å². The van der Waals surface area contributed by atoms with E-state index < -0.39 is 0 Å². The second kappa shape index (κ2) is 7.47. The summed E-state index contributed by atoms with van der Waals surface area (Å²) in [6, 6.07) is 11.8. The molecule has 0 atom stereocenters. The van der Waals surface area contributed by atoms with E-state index in [-0.39, 0.29) is 11.9 Å². The van der Waals surface area contributed by atoms with E-state index in [0.717, 1.165) is 21.9 Å². The third-order valence-corrected chi connectivity index (χ3v) is 4.99. The molecule has 0 aliphatic rings. The number of carbonyl (C=O) groups is 1. The van der Waals surface area contributed by atoms with Gasteiger partial charge in [-0.3, -0.25) is 9.36 Å². The van der Waals surface area contributed by atoms with Crippen molar-refractivity contribution in [3.05, 3.63) is 60.7 Å². The summed E-state index contributed by atoms with van der Waals surface area (Å²) in [5.74, 6) is -0.242. The average Bonchev–Trinajstić information content (AvgIpc) is 3.32. The van der Waals surface area contributed by atoms with Gasteiger partial charge < -0.3 is 5.32 Å². The Morgan fingerprint density at radius 1 is 1.11 bits per heavy atom. The lowest BCUT2D eigenvalue weighted by Crippen LogP contribution is -2.17. The number of para-hydroxylation sites is 1. The van der Waals surface area contributed by atoms with Crippen LogP contribution in [0.5, 0.6) is 0 Å². The number of amides is 1. The Balaban J connectivity index is 1.66. The Hall–Kier alpha value is -3.13. The molecule has 3 heterocycles. The number of nitrogens with zero attached hydrogens (tertiary/aromatic N) is 5. The molecule has 1 amide bonds. The first-order chi connectivity index (χ1) is 13.6. The van der Waals surface area contributed by atoms with Crippen molar-refractivity contribution in [2.45, 2.75) is 25.0 Å². The maximum Gasteiger partial charge on any atom is 0.274 e. The average molecular weight is 392 g/mol. The number of carbonyl (C=O) groups excluding carboxylic acids is 1. The topological polar surface area (TPSA) is 77.6 Å². The third kappa shape index (κ3) is 3.27. The lowest BCUT2D eigenvalue weighted by atomic mass is 10.3. The van der Waals surface area contributed by atoms with Gasteiger partial charge in [0.25, 0.3) is 5.91 Å². The van der Waals surface area contributed by atoms with Gasteiger partial charge in [-0.05, 0) is 38.3 Å². The van der Waals surface area contributed by atoms with Gasteiger partial charge in [-0.2, -0.15) is 5.10 Å². The predicted molar refractivity (Wildman–Crippen MR) is 111 cm³/mol. The second-order valence-corrected chi connectivity index (χ2v) is 7.35. The molecule has 142 valence electrons. The number of thioether (sulfide) groups is 1. The van der Waals surface area contributed by atoms with Crippen molar-refractivity contribution in [3.8, 4) is 5.69 Å². The molecule has 1 N–H and O–H groups in total. The van der Waals surface area contributed by atoms with E-state index in [2.05, 4.69) is 34.2 Å². The number of benzene rings is 1. The number of imidazole rings is 1. The molecule has 0 saturated heterocycles. The number of hydrogen-bond acceptors (Lipinski definition) is 5. The van der Waals surface area contributed by atoms with Crippen molar-refractivity contribution < 1.29 is 4.79 Å². The van der Waals surface area contributed by atoms with Crippen LogP contribution in [-0.2, 0) is 0 Å². The van der Waals surface area contributed by atoms with Gasteiger partial charge in [-0.1, -0.05) is 30.0 Å². The molecule has 28 heavy (non-hydrogen) atoms. The lowest BCUT2D eigenvalue weighted by molar-refractivity contribution is 0.102. The lowest BCUT2D eigenvalue weighted by Gasteiger charge is -2.11. The highest BCUT2D eigenvalue weighted by atomic mass is 32.2. The van der Waals surface area contributed by atoms with Crippen molar-refractivity contribution in [1.29, 1.82) is 0 Å². The standard InChI is InChI=1S/C20H20N6OS/c1-13(2)26-18-14(10-23-26)9-15(11-21-18)24-19(27)17-12-22-20(28-3)25(17)16-7-5-4-6-8-16/h4-13H,1-3H3,(H,24,27). The van der Waals surface area contributed by atoms with Crippen molar-refractivity contribution >= 4 is 34.4 Å². The molecule has 4 rings (SSSR count). The van der Waals surface area contributed by atoms with E-state index >= 15 is 0 Å². The van der Waals surface area contributed by atoms with Gasteiger partial charge in [0.05, 0.1) is 24.3 Å². The summed E-state index contributed by atoms with van der Waals surface area (Å²) in [5, 5.41) is 8.93. The van der Waals surface area contributed by atoms with Gasteiger partial charge in [0, 0.05) is 17.1 Å². The molecule has 0 spiro atoms. The monoisotopic (exact) mass is 392 g/mol. The van der Waals surface area contributed by atoms with Crippen LogP contribution in [0.15, 0.2) is 60.1 Å². The van der Waals surface area contributed by atoms with Crippen LogP contribution >= 0.6 is 11.8 Å². The zero-order valence-electron chi connectivity index (χ0n) is 15.8. The molecule has 8 heteroatoms. The summed E-state index contributed by atoms with van der Waals surface area (Å²) in [4.78, 5) is 21.8. The van der Waals surface area contributed by atoms with Crippen molar-refractivity contribution in [3.63, 3.8) is 0 Å². The van der Waals surface area contributed by atoms with Crippen LogP contribution in [0.2, 0.25) is 0 Å². The van der Waals surface area contributed by atoms with Crippen LogP contribution in [0.25, 0.3) is 16.7 Å². The summed E-state index contributed by atoms with van der Waals surface area (Å²) in [6.07, 6.45) is 6.95. The Bertz CT molecular complexity index is 1130. The molecule has 4 aromatic rings. The van der Waals surface area contributed by atoms with E-state index in [4.69, 9.17) is 0 Å². The highest BCUT2D eigenvalue weighted by Gasteiger charge is 2.18. The molecule has 7 nitrogen and oxygen atoms in total. The van der Waals surface area contributed by atoms with E-state index in [1.165, 1.54) is 11.8 Å². The molecule has 3 aromatic heterocycles. The van der Waals surface area contributed by atoms with Crippen LogP contribution in [0.3, 0.4) is 0 Å². The minimum Gasteiger partial charge on any atom is -0.319 e. The van der Waals surface area contributed by atoms with Crippen molar-refractivity contribution in [2.75, 3.05) is 11.6 Å². The first-order valence-electron chi connectivity index (χ1n) is 8.90. The van der Waals surface area contributed by atoms with E-state index in [9.17, 15) is 4.79 Å². The number of aromatic nitrogens is 5. The smallest absolute Gasteiger partial charge is 0.274 e. The van der Waals surface area contributed by atoms with Crippen molar-refractivity contribution in [1.82, 2.24) is 24.3 Å². The fourth-order valence-electron chi connectivity index (χ4n) is 3.05. The second-order valence-electron chi connectivity index (χ2n) is 6.57. The first-order valence-corrected chi connectivity index (χ1v) is 10.1. The predicted octanol–water partition coefficient (Wildman–Crippen LogP) is 4.17. The van der Waals surface area contributed by atoms with Crippen LogP contribution in [0, 0.1) is 0 Å². The molecule has 0 bridgehead atoms. The number of hydrogen-bond donors (Lipinski definition) is 1. The number of anilines is 1. The van der Waals surface area contributed by atoms with Crippen LogP contribution in [0.1, 0.15) is 30.4 Å². The van der Waals surface area contributed by atoms with Crippen LogP contribution < -0.4 is 5.32 Å². The molecule has 0 aliphatic heterocycles. The molecular formula is C20H20N6OS. The zero-order chi connectivity index (χ0) is 19.7. The number of pyridine rings is 1. The normalized spacial score (nSPS) is 11.3. The molecular weight excluding hydrogens is 372 g/mol. The molecule has 1 aromatic carbocycles. The molecule has 0 unspecified atom stereocenters. The van der Waals surface area contributed by atoms with E-state index in [0.29, 0.717) is 11.4 Å². The van der Waals surface area contributed by atoms with E-state index in [1.807, 2.05) is 51.9 Å². The van der Waals surface area contributed by atoms with Gasteiger partial charge in [0.1, 0.15) is 5.69 Å². The third-order valence-electron chi connectivity index (χ3n) is 4.34. The minimum absolute atomic E-state index is 0.218. The SMILES string of the molecule is CSc1ncc(C(=O)Nc2cnc3c(cnn3C(C)C)c2)n1-c1ccccc1. The maximum absolute atomic E-state index is 13.0. The molecule has 0 radical (unpaired) electrons. The Kier molecular flexibility index (Phi) is 4.87. The van der Waals surface area contributed by atoms with Gasteiger partial charge in [-0.15, -0.1) is 0 Å². The van der Waals surface area contributed by atoms with Crippen LogP contribution in [0.4, 0.5) is 5.69 Å². The summed E-state index contributed by atoms with van der Waals surface area (Å²) >= 11 is 1.49. The quantitative estimate of drug-likeness (QED) is 0.516. The maximum atomic E-state index is 13.0. The molecule has 0 saturated carbocycles. The highest BCUT2D eigenvalue weighted by Crippen LogP contribution is 2.23. The molecule has 0 fully saturated rings. The number of fused-ring (bicyclic) bond motifs is 1. The number of rotatable bonds is 5. The fourth-order valence-corrected chi connectivity index (χ4v) is 3.59. The van der Waals surface area contributed by atoms with Crippen molar-refractivity contribution in [2.24, 2.45) is 0 Å². The summed E-state index contributed by atoms with van der Waals surface area (Å²) in [6.45, 7) is 4.11. The molecule has 0 aliphatic carbocycles. The summed E-state index contributed by atoms with van der Waals surface area (Å²) in [5.41, 5.74) is 2.77. The Morgan fingerprint density at radius 2 is 1.89 bits per heavy atom. The van der Waals surface area contributed by atoms with Gasteiger partial charge in [0.15, 0.2) is 10.8 Å². The fraction of sp³-hybridized carbons (Fsp3) is 0.200. The number of nitrogens with one attached hydrogen (secondary N) is 1. The summed E-state index contributed by atoms with van der Waals surface area (Å²) < 4.78 is 3.71. The Labute approximate surface area is 166 Å². The van der Waals surface area contributed by atoms with Gasteiger partial charge in [-0.25, -0.2) is 14.6 Å². The largest absolute Gasteiger partial charge is 0.319 e. The van der Waals surface area contributed by atoms with E-state index in [1.54, 1.807) is 18.6 Å².